The van der Waals surface area contributed by atoms with Crippen molar-refractivity contribution in [2.75, 3.05) is 0 Å². The van der Waals surface area contributed by atoms with Crippen LogP contribution in [-0.4, -0.2) is 21.7 Å². The summed E-state index contributed by atoms with van der Waals surface area (Å²) in [5.41, 5.74) is 10.1. The smallest absolute Gasteiger partial charge is 0.320 e. The number of carboxylic acid groups (broad SMARTS) is 1. The van der Waals surface area contributed by atoms with E-state index in [1.165, 1.54) is 11.1 Å². The first-order chi connectivity index (χ1) is 8.40. The third-order valence-corrected chi connectivity index (χ3v) is 3.25. The van der Waals surface area contributed by atoms with E-state index in [9.17, 15) is 4.79 Å². The summed E-state index contributed by atoms with van der Waals surface area (Å²) in [6.07, 6.45) is 2.33. The molecule has 0 spiro atoms. The number of nitrogens with two attached hydrogens (primary N) is 1. The van der Waals surface area contributed by atoms with Gasteiger partial charge in [-0.05, 0) is 31.0 Å². The van der Waals surface area contributed by atoms with Crippen LogP contribution < -0.4 is 5.73 Å². The zero-order valence-corrected chi connectivity index (χ0v) is 10.9. The summed E-state index contributed by atoms with van der Waals surface area (Å²) in [6, 6.07) is 3.37. The molecule has 2 rings (SSSR count). The van der Waals surface area contributed by atoms with Crippen molar-refractivity contribution in [3.8, 4) is 0 Å². The summed E-state index contributed by atoms with van der Waals surface area (Å²) in [4.78, 5) is 10.8. The van der Waals surface area contributed by atoms with Crippen LogP contribution in [0.2, 0.25) is 0 Å². The Labute approximate surface area is 106 Å². The Morgan fingerprint density at radius 3 is 2.72 bits per heavy atom. The number of carbonyl (C=O) groups is 1. The van der Waals surface area contributed by atoms with Crippen LogP contribution in [0.25, 0.3) is 10.9 Å². The minimum atomic E-state index is -0.962. The highest BCUT2D eigenvalue weighted by Crippen LogP contribution is 2.26. The van der Waals surface area contributed by atoms with Gasteiger partial charge in [-0.25, -0.2) is 0 Å². The minimum Gasteiger partial charge on any atom is -0.480 e. The standard InChI is InChI=1S/C14H18N2O2/c1-8-4-9(2)13-11(5-8)10(7-16(13)3)6-12(15)14(17)18/h4-5,7,12H,6,15H2,1-3H3,(H,17,18). The second-order valence-electron chi connectivity index (χ2n) is 4.89. The van der Waals surface area contributed by atoms with Crippen LogP contribution in [0.3, 0.4) is 0 Å². The Hall–Kier alpha value is -1.81. The molecule has 1 heterocycles. The molecular formula is C14H18N2O2. The lowest BCUT2D eigenvalue weighted by atomic mass is 10.0. The first-order valence-electron chi connectivity index (χ1n) is 5.93. The average molecular weight is 246 g/mol. The fraction of sp³-hybridized carbons (Fsp3) is 0.357. The number of rotatable bonds is 3. The molecule has 96 valence electrons. The average Bonchev–Trinajstić information content (AvgIpc) is 2.55. The van der Waals surface area contributed by atoms with Crippen molar-refractivity contribution < 1.29 is 9.90 Å². The van der Waals surface area contributed by atoms with Crippen LogP contribution >= 0.6 is 0 Å². The van der Waals surface area contributed by atoms with Gasteiger partial charge in [-0.15, -0.1) is 0 Å². The van der Waals surface area contributed by atoms with E-state index in [2.05, 4.69) is 19.1 Å². The maximum Gasteiger partial charge on any atom is 0.320 e. The molecule has 3 N–H and O–H groups in total. The van der Waals surface area contributed by atoms with E-state index >= 15 is 0 Å². The zero-order chi connectivity index (χ0) is 13.4. The third kappa shape index (κ3) is 2.11. The predicted molar refractivity (Wildman–Crippen MR) is 71.7 cm³/mol. The SMILES string of the molecule is Cc1cc(C)c2c(c1)c(CC(N)C(=O)O)cn2C. The molecular weight excluding hydrogens is 228 g/mol. The lowest BCUT2D eigenvalue weighted by Gasteiger charge is -2.06. The van der Waals surface area contributed by atoms with Crippen LogP contribution in [0.4, 0.5) is 0 Å². The lowest BCUT2D eigenvalue weighted by molar-refractivity contribution is -0.138. The molecule has 4 nitrogen and oxygen atoms in total. The van der Waals surface area contributed by atoms with Crippen molar-refractivity contribution in [1.82, 2.24) is 4.57 Å². The highest BCUT2D eigenvalue weighted by atomic mass is 16.4. The van der Waals surface area contributed by atoms with Crippen LogP contribution in [0.15, 0.2) is 18.3 Å². The number of nitrogens with zero attached hydrogens (tertiary/aromatic N) is 1. The Bertz CT molecular complexity index is 614. The van der Waals surface area contributed by atoms with Gasteiger partial charge in [0, 0.05) is 25.1 Å². The molecule has 0 aliphatic carbocycles. The molecule has 18 heavy (non-hydrogen) atoms. The minimum absolute atomic E-state index is 0.357. The first-order valence-corrected chi connectivity index (χ1v) is 5.93. The van der Waals surface area contributed by atoms with Gasteiger partial charge in [-0.3, -0.25) is 4.79 Å². The zero-order valence-electron chi connectivity index (χ0n) is 10.9. The summed E-state index contributed by atoms with van der Waals surface area (Å²) < 4.78 is 2.04. The van der Waals surface area contributed by atoms with Crippen molar-refractivity contribution in [2.45, 2.75) is 26.3 Å². The molecule has 4 heteroatoms. The molecule has 1 aromatic carbocycles. The van der Waals surface area contributed by atoms with E-state index in [1.54, 1.807) is 0 Å². The number of hydrogen-bond donors (Lipinski definition) is 2. The van der Waals surface area contributed by atoms with Crippen molar-refractivity contribution in [3.63, 3.8) is 0 Å². The molecule has 1 unspecified atom stereocenters. The highest BCUT2D eigenvalue weighted by Gasteiger charge is 2.16. The molecule has 0 saturated carbocycles. The molecule has 0 amide bonds. The van der Waals surface area contributed by atoms with Gasteiger partial charge in [0.25, 0.3) is 0 Å². The quantitative estimate of drug-likeness (QED) is 0.867. The molecule has 0 aliphatic heterocycles. The summed E-state index contributed by atoms with van der Waals surface area (Å²) >= 11 is 0. The fourth-order valence-corrected chi connectivity index (χ4v) is 2.53. The summed E-state index contributed by atoms with van der Waals surface area (Å²) in [6.45, 7) is 4.11. The van der Waals surface area contributed by atoms with Crippen LogP contribution in [0.1, 0.15) is 16.7 Å². The maximum absolute atomic E-state index is 10.8. The van der Waals surface area contributed by atoms with Crippen molar-refractivity contribution in [1.29, 1.82) is 0 Å². The molecule has 2 aromatic rings. The molecule has 0 saturated heterocycles. The number of aryl methyl sites for hydroxylation is 3. The van der Waals surface area contributed by atoms with E-state index in [0.29, 0.717) is 6.42 Å². The second kappa shape index (κ2) is 4.46. The van der Waals surface area contributed by atoms with Crippen LogP contribution in [0.5, 0.6) is 0 Å². The highest BCUT2D eigenvalue weighted by molar-refractivity contribution is 5.88. The number of carboxylic acids is 1. The van der Waals surface area contributed by atoms with E-state index < -0.39 is 12.0 Å². The molecule has 0 fully saturated rings. The van der Waals surface area contributed by atoms with Gasteiger partial charge in [0.05, 0.1) is 5.52 Å². The Morgan fingerprint density at radius 1 is 1.44 bits per heavy atom. The maximum atomic E-state index is 10.8. The number of fused-ring (bicyclic) bond motifs is 1. The van der Waals surface area contributed by atoms with Gasteiger partial charge in [-0.2, -0.15) is 0 Å². The topological polar surface area (TPSA) is 68.2 Å². The van der Waals surface area contributed by atoms with Crippen molar-refractivity contribution >= 4 is 16.9 Å². The van der Waals surface area contributed by atoms with Gasteiger partial charge in [0.15, 0.2) is 0 Å². The molecule has 0 aliphatic rings. The van der Waals surface area contributed by atoms with E-state index in [1.807, 2.05) is 24.7 Å². The van der Waals surface area contributed by atoms with Gasteiger partial charge in [0.1, 0.15) is 6.04 Å². The number of aromatic nitrogens is 1. The van der Waals surface area contributed by atoms with Crippen molar-refractivity contribution in [2.24, 2.45) is 12.8 Å². The third-order valence-electron chi connectivity index (χ3n) is 3.25. The van der Waals surface area contributed by atoms with Gasteiger partial charge in [0.2, 0.25) is 0 Å². The van der Waals surface area contributed by atoms with Gasteiger partial charge < -0.3 is 15.4 Å². The summed E-state index contributed by atoms with van der Waals surface area (Å²) in [7, 11) is 1.97. The van der Waals surface area contributed by atoms with E-state index in [4.69, 9.17) is 10.8 Å². The van der Waals surface area contributed by atoms with Gasteiger partial charge >= 0.3 is 5.97 Å². The number of benzene rings is 1. The monoisotopic (exact) mass is 246 g/mol. The predicted octanol–water partition coefficient (Wildman–Crippen LogP) is 1.75. The normalized spacial score (nSPS) is 12.9. The lowest BCUT2D eigenvalue weighted by Crippen LogP contribution is -2.32. The Kier molecular flexibility index (Phi) is 3.13. The molecule has 1 atom stereocenters. The van der Waals surface area contributed by atoms with E-state index in [-0.39, 0.29) is 0 Å². The van der Waals surface area contributed by atoms with Gasteiger partial charge in [-0.1, -0.05) is 11.6 Å². The second-order valence-corrected chi connectivity index (χ2v) is 4.89. The fourth-order valence-electron chi connectivity index (χ4n) is 2.53. The molecule has 0 bridgehead atoms. The Morgan fingerprint density at radius 2 is 2.11 bits per heavy atom. The summed E-state index contributed by atoms with van der Waals surface area (Å²) in [5, 5.41) is 10.0. The summed E-state index contributed by atoms with van der Waals surface area (Å²) in [5.74, 6) is -0.962. The Balaban J connectivity index is 2.55. The number of hydrogen-bond acceptors (Lipinski definition) is 2. The van der Waals surface area contributed by atoms with Crippen molar-refractivity contribution in [3.05, 3.63) is 35.0 Å². The number of aliphatic carboxylic acids is 1. The van der Waals surface area contributed by atoms with Crippen LogP contribution in [-0.2, 0) is 18.3 Å². The first kappa shape index (κ1) is 12.6. The largest absolute Gasteiger partial charge is 0.480 e. The van der Waals surface area contributed by atoms with E-state index in [0.717, 1.165) is 16.5 Å². The molecule has 1 aromatic heterocycles. The molecule has 0 radical (unpaired) electrons. The van der Waals surface area contributed by atoms with Crippen LogP contribution in [0, 0.1) is 13.8 Å².